The lowest BCUT2D eigenvalue weighted by atomic mass is 10.2. The van der Waals surface area contributed by atoms with E-state index in [4.69, 9.17) is 0 Å². The van der Waals surface area contributed by atoms with Gasteiger partial charge in [-0.05, 0) is 30.3 Å². The molecule has 3 rings (SSSR count). The maximum Gasteiger partial charge on any atom is 0.421 e. The predicted octanol–water partition coefficient (Wildman–Crippen LogP) is 5.75. The van der Waals surface area contributed by atoms with Crippen LogP contribution in [0.1, 0.15) is 5.56 Å². The van der Waals surface area contributed by atoms with Crippen LogP contribution in [0.2, 0.25) is 0 Å². The van der Waals surface area contributed by atoms with E-state index in [0.29, 0.717) is 11.4 Å². The van der Waals surface area contributed by atoms with E-state index in [0.717, 1.165) is 10.7 Å². The predicted molar refractivity (Wildman–Crippen MR) is 94.2 cm³/mol. The highest BCUT2D eigenvalue weighted by atomic mass is 79.9. The molecule has 128 valence electrons. The van der Waals surface area contributed by atoms with Crippen molar-refractivity contribution < 1.29 is 13.2 Å². The Kier molecular flexibility index (Phi) is 4.89. The van der Waals surface area contributed by atoms with E-state index in [1.165, 1.54) is 0 Å². The standard InChI is InChI=1S/C17H12BrF3N4/c18-11-5-4-8-13(9-11)23-15-14(17(19,20)21)10-22-16(25-15)24-12-6-2-1-3-7-12/h1-10H,(H2,22,23,24,25). The molecule has 0 bridgehead atoms. The highest BCUT2D eigenvalue weighted by Crippen LogP contribution is 2.35. The molecule has 1 heterocycles. The lowest BCUT2D eigenvalue weighted by Gasteiger charge is -2.15. The molecule has 1 aromatic heterocycles. The van der Waals surface area contributed by atoms with Crippen molar-refractivity contribution in [1.29, 1.82) is 0 Å². The number of anilines is 4. The third-order valence-electron chi connectivity index (χ3n) is 3.21. The molecular weight excluding hydrogens is 397 g/mol. The first-order valence-electron chi connectivity index (χ1n) is 7.21. The van der Waals surface area contributed by atoms with Crippen molar-refractivity contribution in [2.75, 3.05) is 10.6 Å². The Balaban J connectivity index is 1.96. The topological polar surface area (TPSA) is 49.8 Å². The van der Waals surface area contributed by atoms with E-state index in [2.05, 4.69) is 36.5 Å². The second-order valence-corrected chi connectivity index (χ2v) is 6.00. The normalized spacial score (nSPS) is 11.2. The molecule has 0 radical (unpaired) electrons. The van der Waals surface area contributed by atoms with E-state index in [1.54, 1.807) is 48.5 Å². The Morgan fingerprint density at radius 2 is 1.60 bits per heavy atom. The summed E-state index contributed by atoms with van der Waals surface area (Å²) in [5, 5.41) is 5.59. The van der Waals surface area contributed by atoms with E-state index in [1.807, 2.05) is 6.07 Å². The minimum Gasteiger partial charge on any atom is -0.340 e. The SMILES string of the molecule is FC(F)(F)c1cnc(Nc2ccccc2)nc1Nc1cccc(Br)c1. The van der Waals surface area contributed by atoms with Crippen LogP contribution in [-0.4, -0.2) is 9.97 Å². The molecular formula is C17H12BrF3N4. The highest BCUT2D eigenvalue weighted by molar-refractivity contribution is 9.10. The average Bonchev–Trinajstić information content (AvgIpc) is 2.55. The van der Waals surface area contributed by atoms with Crippen LogP contribution >= 0.6 is 15.9 Å². The quantitative estimate of drug-likeness (QED) is 0.577. The van der Waals surface area contributed by atoms with Crippen molar-refractivity contribution >= 4 is 39.1 Å². The van der Waals surface area contributed by atoms with Crippen LogP contribution in [0.5, 0.6) is 0 Å². The van der Waals surface area contributed by atoms with Crippen LogP contribution in [0.3, 0.4) is 0 Å². The molecule has 3 aromatic rings. The van der Waals surface area contributed by atoms with Crippen LogP contribution in [0, 0.1) is 0 Å². The van der Waals surface area contributed by atoms with Crippen molar-refractivity contribution in [1.82, 2.24) is 9.97 Å². The van der Waals surface area contributed by atoms with Crippen molar-refractivity contribution in [3.8, 4) is 0 Å². The molecule has 0 aliphatic carbocycles. The van der Waals surface area contributed by atoms with Gasteiger partial charge < -0.3 is 10.6 Å². The average molecular weight is 409 g/mol. The Morgan fingerprint density at radius 1 is 0.880 bits per heavy atom. The van der Waals surface area contributed by atoms with Crippen molar-refractivity contribution in [2.45, 2.75) is 6.18 Å². The molecule has 0 atom stereocenters. The maximum atomic E-state index is 13.2. The fourth-order valence-corrected chi connectivity index (χ4v) is 2.50. The lowest BCUT2D eigenvalue weighted by molar-refractivity contribution is -0.137. The number of aromatic nitrogens is 2. The van der Waals surface area contributed by atoms with Gasteiger partial charge in [0.1, 0.15) is 11.4 Å². The van der Waals surface area contributed by atoms with Crippen LogP contribution in [0.4, 0.5) is 36.3 Å². The number of hydrogen-bond acceptors (Lipinski definition) is 4. The number of nitrogens with one attached hydrogen (secondary N) is 2. The summed E-state index contributed by atoms with van der Waals surface area (Å²) in [6.07, 6.45) is -3.81. The van der Waals surface area contributed by atoms with Gasteiger partial charge in [-0.2, -0.15) is 18.2 Å². The second-order valence-electron chi connectivity index (χ2n) is 5.08. The summed E-state index contributed by atoms with van der Waals surface area (Å²) in [6, 6.07) is 15.8. The Hall–Kier alpha value is -2.61. The summed E-state index contributed by atoms with van der Waals surface area (Å²) in [5.74, 6) is -0.254. The number of alkyl halides is 3. The fourth-order valence-electron chi connectivity index (χ4n) is 2.10. The zero-order valence-corrected chi connectivity index (χ0v) is 14.3. The largest absolute Gasteiger partial charge is 0.421 e. The number of para-hydroxylation sites is 1. The van der Waals surface area contributed by atoms with Crippen LogP contribution in [0.25, 0.3) is 0 Å². The van der Waals surface area contributed by atoms with Gasteiger partial charge in [0.05, 0.1) is 0 Å². The summed E-state index contributed by atoms with van der Waals surface area (Å²) >= 11 is 3.28. The molecule has 4 nitrogen and oxygen atoms in total. The number of benzene rings is 2. The summed E-state index contributed by atoms with van der Waals surface area (Å²) in [4.78, 5) is 7.76. The molecule has 0 aliphatic heterocycles. The number of rotatable bonds is 4. The summed E-state index contributed by atoms with van der Waals surface area (Å²) in [6.45, 7) is 0. The van der Waals surface area contributed by atoms with Gasteiger partial charge in [0, 0.05) is 22.0 Å². The van der Waals surface area contributed by atoms with Crippen molar-refractivity contribution in [2.24, 2.45) is 0 Å². The van der Waals surface area contributed by atoms with Gasteiger partial charge in [0.15, 0.2) is 0 Å². The fraction of sp³-hybridized carbons (Fsp3) is 0.0588. The van der Waals surface area contributed by atoms with Crippen molar-refractivity contribution in [3.63, 3.8) is 0 Å². The van der Waals surface area contributed by atoms with E-state index < -0.39 is 11.7 Å². The van der Waals surface area contributed by atoms with Gasteiger partial charge in [-0.1, -0.05) is 40.2 Å². The van der Waals surface area contributed by atoms with Gasteiger partial charge in [0.25, 0.3) is 0 Å². The maximum absolute atomic E-state index is 13.2. The molecule has 2 N–H and O–H groups in total. The molecule has 0 spiro atoms. The van der Waals surface area contributed by atoms with E-state index in [-0.39, 0.29) is 11.8 Å². The third kappa shape index (κ3) is 4.48. The Bertz CT molecular complexity index is 869. The van der Waals surface area contributed by atoms with Crippen LogP contribution < -0.4 is 10.6 Å². The minimum atomic E-state index is -4.57. The van der Waals surface area contributed by atoms with Gasteiger partial charge >= 0.3 is 6.18 Å². The van der Waals surface area contributed by atoms with Gasteiger partial charge in [-0.25, -0.2) is 4.98 Å². The minimum absolute atomic E-state index is 0.0664. The van der Waals surface area contributed by atoms with Gasteiger partial charge in [0.2, 0.25) is 5.95 Å². The molecule has 0 aliphatic rings. The number of halogens is 4. The zero-order valence-electron chi connectivity index (χ0n) is 12.7. The first kappa shape index (κ1) is 17.2. The molecule has 25 heavy (non-hydrogen) atoms. The van der Waals surface area contributed by atoms with Gasteiger partial charge in [-0.3, -0.25) is 0 Å². The first-order chi connectivity index (χ1) is 11.9. The number of hydrogen-bond donors (Lipinski definition) is 2. The second kappa shape index (κ2) is 7.10. The highest BCUT2D eigenvalue weighted by Gasteiger charge is 2.35. The molecule has 0 saturated heterocycles. The number of nitrogens with zero attached hydrogens (tertiary/aromatic N) is 2. The monoisotopic (exact) mass is 408 g/mol. The third-order valence-corrected chi connectivity index (χ3v) is 3.70. The summed E-state index contributed by atoms with van der Waals surface area (Å²) < 4.78 is 40.5. The Labute approximate surface area is 150 Å². The van der Waals surface area contributed by atoms with Crippen molar-refractivity contribution in [3.05, 3.63) is 70.8 Å². The van der Waals surface area contributed by atoms with Crippen LogP contribution in [-0.2, 0) is 6.18 Å². The molecule has 0 fully saturated rings. The van der Waals surface area contributed by atoms with Crippen LogP contribution in [0.15, 0.2) is 65.3 Å². The molecule has 0 unspecified atom stereocenters. The lowest BCUT2D eigenvalue weighted by Crippen LogP contribution is -2.12. The summed E-state index contributed by atoms with van der Waals surface area (Å²) in [7, 11) is 0. The smallest absolute Gasteiger partial charge is 0.340 e. The molecule has 0 saturated carbocycles. The molecule has 8 heteroatoms. The molecule has 0 amide bonds. The Morgan fingerprint density at radius 3 is 2.28 bits per heavy atom. The van der Waals surface area contributed by atoms with Gasteiger partial charge in [-0.15, -0.1) is 0 Å². The first-order valence-corrected chi connectivity index (χ1v) is 8.00. The zero-order chi connectivity index (χ0) is 17.9. The van der Waals surface area contributed by atoms with E-state index >= 15 is 0 Å². The molecule has 2 aromatic carbocycles. The van der Waals surface area contributed by atoms with E-state index in [9.17, 15) is 13.2 Å². The summed E-state index contributed by atoms with van der Waals surface area (Å²) in [5.41, 5.74) is 0.214.